The number of nitrogens with two attached hydrogens (primary N) is 1. The van der Waals surface area contributed by atoms with Gasteiger partial charge in [0.2, 0.25) is 0 Å². The van der Waals surface area contributed by atoms with Crippen LogP contribution in [0, 0.1) is 5.82 Å². The number of aromatic nitrogens is 1. The molecule has 2 rings (SSSR count). The Bertz CT molecular complexity index is 768. The molecule has 1 aromatic carbocycles. The Labute approximate surface area is 124 Å². The first-order valence-electron chi connectivity index (χ1n) is 5.19. The van der Waals surface area contributed by atoms with E-state index in [1.807, 2.05) is 0 Å². The average Bonchev–Trinajstić information content (AvgIpc) is 2.38. The van der Waals surface area contributed by atoms with Gasteiger partial charge in [-0.05, 0) is 18.2 Å². The molecule has 3 N–H and O–H groups in total. The molecule has 0 atom stereocenters. The zero-order chi connectivity index (χ0) is 14.9. The van der Waals surface area contributed by atoms with Gasteiger partial charge in [0.25, 0.3) is 10.0 Å². The highest BCUT2D eigenvalue weighted by Gasteiger charge is 2.18. The van der Waals surface area contributed by atoms with Crippen LogP contribution in [0.5, 0.6) is 0 Å². The van der Waals surface area contributed by atoms with E-state index >= 15 is 0 Å². The van der Waals surface area contributed by atoms with E-state index in [9.17, 15) is 12.8 Å². The summed E-state index contributed by atoms with van der Waals surface area (Å²) in [6.07, 6.45) is 1.02. The minimum absolute atomic E-state index is 0.000414. The number of sulfonamides is 1. The largest absolute Gasteiger partial charge is 0.382 e. The molecule has 106 valence electrons. The fourth-order valence-corrected chi connectivity index (χ4v) is 2.80. The number of pyridine rings is 1. The van der Waals surface area contributed by atoms with Crippen molar-refractivity contribution in [1.29, 1.82) is 0 Å². The standard InChI is InChI=1S/C11H8Cl2FN3O2S/c12-7-2-1-3-9(10(7)14)17-20(18,19)6-4-8(13)11(15)16-5-6/h1-5,17H,(H2,15,16). The van der Waals surface area contributed by atoms with Crippen LogP contribution in [0.4, 0.5) is 15.9 Å². The zero-order valence-corrected chi connectivity index (χ0v) is 12.1. The van der Waals surface area contributed by atoms with E-state index in [1.54, 1.807) is 0 Å². The molecule has 20 heavy (non-hydrogen) atoms. The van der Waals surface area contributed by atoms with E-state index in [-0.39, 0.29) is 26.4 Å². The number of nitrogens with one attached hydrogen (secondary N) is 1. The highest BCUT2D eigenvalue weighted by Crippen LogP contribution is 2.26. The van der Waals surface area contributed by atoms with Gasteiger partial charge >= 0.3 is 0 Å². The lowest BCUT2D eigenvalue weighted by molar-refractivity contribution is 0.598. The van der Waals surface area contributed by atoms with Gasteiger partial charge in [0.15, 0.2) is 5.82 Å². The Balaban J connectivity index is 2.41. The maximum atomic E-state index is 13.7. The monoisotopic (exact) mass is 335 g/mol. The van der Waals surface area contributed by atoms with Crippen LogP contribution in [0.3, 0.4) is 0 Å². The maximum Gasteiger partial charge on any atom is 0.263 e. The lowest BCUT2D eigenvalue weighted by Gasteiger charge is -2.10. The fraction of sp³-hybridized carbons (Fsp3) is 0. The van der Waals surface area contributed by atoms with Crippen molar-refractivity contribution in [2.75, 3.05) is 10.5 Å². The van der Waals surface area contributed by atoms with E-state index in [1.165, 1.54) is 18.2 Å². The van der Waals surface area contributed by atoms with Crippen molar-refractivity contribution < 1.29 is 12.8 Å². The van der Waals surface area contributed by atoms with E-state index in [4.69, 9.17) is 28.9 Å². The molecule has 9 heteroatoms. The summed E-state index contributed by atoms with van der Waals surface area (Å²) >= 11 is 11.3. The SMILES string of the molecule is Nc1ncc(S(=O)(=O)Nc2cccc(Cl)c2F)cc1Cl. The van der Waals surface area contributed by atoms with E-state index in [2.05, 4.69) is 9.71 Å². The third kappa shape index (κ3) is 2.95. The van der Waals surface area contributed by atoms with Gasteiger partial charge in [-0.25, -0.2) is 17.8 Å². The normalized spacial score (nSPS) is 11.3. The Morgan fingerprint density at radius 2 is 1.95 bits per heavy atom. The maximum absolute atomic E-state index is 13.7. The molecule has 0 spiro atoms. The van der Waals surface area contributed by atoms with Crippen LogP contribution in [0.2, 0.25) is 10.0 Å². The van der Waals surface area contributed by atoms with Crippen LogP contribution in [0.1, 0.15) is 0 Å². The van der Waals surface area contributed by atoms with Gasteiger partial charge in [0.1, 0.15) is 10.7 Å². The molecule has 0 saturated carbocycles. The van der Waals surface area contributed by atoms with E-state index in [0.29, 0.717) is 0 Å². The van der Waals surface area contributed by atoms with Gasteiger partial charge in [-0.1, -0.05) is 29.3 Å². The molecule has 0 unspecified atom stereocenters. The Morgan fingerprint density at radius 3 is 2.60 bits per heavy atom. The predicted molar refractivity (Wildman–Crippen MR) is 75.9 cm³/mol. The van der Waals surface area contributed by atoms with Crippen molar-refractivity contribution >= 4 is 44.7 Å². The minimum atomic E-state index is -4.04. The van der Waals surface area contributed by atoms with Crippen LogP contribution < -0.4 is 10.5 Å². The number of nitrogens with zero attached hydrogens (tertiary/aromatic N) is 1. The van der Waals surface area contributed by atoms with E-state index in [0.717, 1.165) is 12.3 Å². The summed E-state index contributed by atoms with van der Waals surface area (Å²) in [6, 6.07) is 5.08. The number of hydrogen-bond donors (Lipinski definition) is 2. The first kappa shape index (κ1) is 14.8. The third-order valence-electron chi connectivity index (χ3n) is 2.35. The van der Waals surface area contributed by atoms with Crippen molar-refractivity contribution in [3.05, 3.63) is 46.3 Å². The topological polar surface area (TPSA) is 85.1 Å². The molecule has 0 radical (unpaired) electrons. The van der Waals surface area contributed by atoms with Crippen LogP contribution in [0.25, 0.3) is 0 Å². The summed E-state index contributed by atoms with van der Waals surface area (Å²) in [5.41, 5.74) is 5.12. The Kier molecular flexibility index (Phi) is 4.03. The van der Waals surface area contributed by atoms with Gasteiger partial charge in [0.05, 0.1) is 15.7 Å². The summed E-state index contributed by atoms with van der Waals surface area (Å²) in [5.74, 6) is -0.869. The zero-order valence-electron chi connectivity index (χ0n) is 9.77. The Hall–Kier alpha value is -1.57. The van der Waals surface area contributed by atoms with Crippen molar-refractivity contribution in [3.8, 4) is 0 Å². The van der Waals surface area contributed by atoms with Crippen molar-refractivity contribution in [2.24, 2.45) is 0 Å². The molecule has 0 bridgehead atoms. The third-order valence-corrected chi connectivity index (χ3v) is 4.28. The molecule has 0 aliphatic heterocycles. The first-order chi connectivity index (χ1) is 9.31. The number of hydrogen-bond acceptors (Lipinski definition) is 4. The van der Waals surface area contributed by atoms with Gasteiger partial charge in [-0.3, -0.25) is 4.72 Å². The number of anilines is 2. The highest BCUT2D eigenvalue weighted by atomic mass is 35.5. The molecule has 0 amide bonds. The number of nitrogen functional groups attached to an aromatic ring is 1. The number of rotatable bonds is 3. The molecule has 0 aliphatic carbocycles. The number of halogens is 3. The van der Waals surface area contributed by atoms with Crippen molar-refractivity contribution in [1.82, 2.24) is 4.98 Å². The second-order valence-corrected chi connectivity index (χ2v) is 6.24. The smallest absolute Gasteiger partial charge is 0.263 e. The number of benzene rings is 1. The molecular weight excluding hydrogens is 328 g/mol. The van der Waals surface area contributed by atoms with Crippen molar-refractivity contribution in [2.45, 2.75) is 4.90 Å². The molecule has 0 fully saturated rings. The second-order valence-electron chi connectivity index (χ2n) is 3.74. The Morgan fingerprint density at radius 1 is 1.25 bits per heavy atom. The van der Waals surface area contributed by atoms with Crippen LogP contribution in [-0.4, -0.2) is 13.4 Å². The molecule has 5 nitrogen and oxygen atoms in total. The van der Waals surface area contributed by atoms with Gasteiger partial charge < -0.3 is 5.73 Å². The molecular formula is C11H8Cl2FN3O2S. The predicted octanol–water partition coefficient (Wildman–Crippen LogP) is 2.91. The lowest BCUT2D eigenvalue weighted by Crippen LogP contribution is -2.14. The summed E-state index contributed by atoms with van der Waals surface area (Å²) in [6.45, 7) is 0. The molecule has 1 aromatic heterocycles. The summed E-state index contributed by atoms with van der Waals surface area (Å²) in [4.78, 5) is 3.39. The molecule has 1 heterocycles. The quantitative estimate of drug-likeness (QED) is 0.902. The minimum Gasteiger partial charge on any atom is -0.382 e. The summed E-state index contributed by atoms with van der Waals surface area (Å²) in [5, 5.41) is -0.210. The van der Waals surface area contributed by atoms with Crippen molar-refractivity contribution in [3.63, 3.8) is 0 Å². The molecule has 2 aromatic rings. The molecule has 0 saturated heterocycles. The first-order valence-corrected chi connectivity index (χ1v) is 7.43. The van der Waals surface area contributed by atoms with Gasteiger partial charge in [-0.2, -0.15) is 0 Å². The summed E-state index contributed by atoms with van der Waals surface area (Å²) < 4.78 is 39.9. The average molecular weight is 336 g/mol. The summed E-state index contributed by atoms with van der Waals surface area (Å²) in [7, 11) is -4.04. The van der Waals surface area contributed by atoms with Gasteiger partial charge in [-0.15, -0.1) is 0 Å². The van der Waals surface area contributed by atoms with Crippen LogP contribution in [0.15, 0.2) is 35.4 Å². The van der Waals surface area contributed by atoms with E-state index < -0.39 is 15.8 Å². The lowest BCUT2D eigenvalue weighted by atomic mass is 10.3. The molecule has 0 aliphatic rings. The fourth-order valence-electron chi connectivity index (χ4n) is 1.36. The highest BCUT2D eigenvalue weighted by molar-refractivity contribution is 7.92. The van der Waals surface area contributed by atoms with Crippen LogP contribution >= 0.6 is 23.2 Å². The van der Waals surface area contributed by atoms with Gasteiger partial charge in [0, 0.05) is 6.20 Å². The van der Waals surface area contributed by atoms with Crippen LogP contribution in [-0.2, 0) is 10.0 Å². The second kappa shape index (κ2) is 5.43.